The third kappa shape index (κ3) is 6.26. The number of methoxy groups -OCH3 is 1. The maximum absolute atomic E-state index is 13.5. The first kappa shape index (κ1) is 29.0. The number of nitrogens with zero attached hydrogens (tertiary/aromatic N) is 3. The summed E-state index contributed by atoms with van der Waals surface area (Å²) in [5.41, 5.74) is 1.50. The van der Waals surface area contributed by atoms with Crippen molar-refractivity contribution in [2.75, 3.05) is 7.11 Å². The molecule has 3 aromatic carbocycles. The van der Waals surface area contributed by atoms with Gasteiger partial charge in [-0.2, -0.15) is 9.78 Å². The number of aromatic nitrogens is 2. The summed E-state index contributed by atoms with van der Waals surface area (Å²) in [4.78, 5) is 29.3. The van der Waals surface area contributed by atoms with Crippen molar-refractivity contribution in [2.24, 2.45) is 5.10 Å². The first-order chi connectivity index (χ1) is 18.4. The largest absolute Gasteiger partial charge is 0.493 e. The summed E-state index contributed by atoms with van der Waals surface area (Å²) in [7, 11) is 1.53. The van der Waals surface area contributed by atoms with E-state index in [1.165, 1.54) is 23.9 Å². The second kappa shape index (κ2) is 11.6. The van der Waals surface area contributed by atoms with Crippen molar-refractivity contribution >= 4 is 70.9 Å². The Balaban J connectivity index is 1.72. The van der Waals surface area contributed by atoms with Gasteiger partial charge in [-0.05, 0) is 73.8 Å². The minimum Gasteiger partial charge on any atom is -0.493 e. The number of benzene rings is 3. The SMILES string of the molecule is COc1cc(C=Nn2c(C(C)(C)C)nc3ccc(Br)cc3c2=O)c(Br)c(Br)c1OCc1ccc(C(=O)O)cc1. The summed E-state index contributed by atoms with van der Waals surface area (Å²) in [5.74, 6) is 0.429. The van der Waals surface area contributed by atoms with Crippen molar-refractivity contribution in [3.8, 4) is 11.5 Å². The van der Waals surface area contributed by atoms with Crippen LogP contribution in [0.1, 0.15) is 48.1 Å². The molecule has 0 aliphatic rings. The lowest BCUT2D eigenvalue weighted by molar-refractivity contribution is 0.0697. The highest BCUT2D eigenvalue weighted by atomic mass is 79.9. The molecule has 0 aliphatic heterocycles. The Morgan fingerprint density at radius 2 is 1.77 bits per heavy atom. The monoisotopic (exact) mass is 719 g/mol. The van der Waals surface area contributed by atoms with E-state index in [-0.39, 0.29) is 17.7 Å². The van der Waals surface area contributed by atoms with Gasteiger partial charge in [-0.25, -0.2) is 9.78 Å². The van der Waals surface area contributed by atoms with Crippen molar-refractivity contribution in [1.29, 1.82) is 0 Å². The molecule has 1 N–H and O–H groups in total. The van der Waals surface area contributed by atoms with E-state index in [0.29, 0.717) is 42.7 Å². The third-order valence-corrected chi connectivity index (χ3v) is 8.39. The van der Waals surface area contributed by atoms with E-state index in [1.54, 1.807) is 30.5 Å². The van der Waals surface area contributed by atoms with Crippen molar-refractivity contribution in [2.45, 2.75) is 32.8 Å². The van der Waals surface area contributed by atoms with Crippen molar-refractivity contribution in [1.82, 2.24) is 9.66 Å². The normalized spacial score (nSPS) is 11.8. The van der Waals surface area contributed by atoms with Crippen LogP contribution in [-0.4, -0.2) is 34.1 Å². The number of hydrogen-bond acceptors (Lipinski definition) is 6. The average Bonchev–Trinajstić information content (AvgIpc) is 2.89. The van der Waals surface area contributed by atoms with E-state index in [1.807, 2.05) is 32.9 Å². The number of carbonyl (C=O) groups is 1. The van der Waals surface area contributed by atoms with E-state index in [9.17, 15) is 9.59 Å². The Morgan fingerprint density at radius 1 is 1.08 bits per heavy atom. The maximum Gasteiger partial charge on any atom is 0.335 e. The van der Waals surface area contributed by atoms with E-state index in [4.69, 9.17) is 19.6 Å². The number of hydrogen-bond donors (Lipinski definition) is 1. The van der Waals surface area contributed by atoms with Gasteiger partial charge in [0.1, 0.15) is 12.4 Å². The van der Waals surface area contributed by atoms with E-state index in [0.717, 1.165) is 10.0 Å². The number of carboxylic acids is 1. The van der Waals surface area contributed by atoms with Crippen LogP contribution in [0.25, 0.3) is 10.9 Å². The second-order valence-electron chi connectivity index (χ2n) is 9.62. The van der Waals surface area contributed by atoms with Gasteiger partial charge < -0.3 is 14.6 Å². The number of halogens is 3. The second-order valence-corrected chi connectivity index (χ2v) is 12.1. The fourth-order valence-electron chi connectivity index (χ4n) is 3.75. The lowest BCUT2D eigenvalue weighted by Crippen LogP contribution is -2.29. The fourth-order valence-corrected chi connectivity index (χ4v) is 5.04. The molecule has 8 nitrogen and oxygen atoms in total. The highest BCUT2D eigenvalue weighted by Crippen LogP contribution is 2.42. The molecule has 39 heavy (non-hydrogen) atoms. The summed E-state index contributed by atoms with van der Waals surface area (Å²) >= 11 is 10.6. The van der Waals surface area contributed by atoms with Gasteiger partial charge in [-0.1, -0.05) is 48.8 Å². The fraction of sp³-hybridized carbons (Fsp3) is 0.214. The molecule has 0 atom stereocenters. The van der Waals surface area contributed by atoms with Gasteiger partial charge in [0.2, 0.25) is 0 Å². The Hall–Kier alpha value is -3.02. The molecule has 0 amide bonds. The predicted octanol–water partition coefficient (Wildman–Crippen LogP) is 7.15. The Labute approximate surface area is 250 Å². The molecule has 1 heterocycles. The summed E-state index contributed by atoms with van der Waals surface area (Å²) in [6.07, 6.45) is 1.56. The van der Waals surface area contributed by atoms with Gasteiger partial charge in [0.05, 0.1) is 34.3 Å². The number of ether oxygens (including phenoxy) is 2. The topological polar surface area (TPSA) is 103 Å². The smallest absolute Gasteiger partial charge is 0.335 e. The van der Waals surface area contributed by atoms with Gasteiger partial charge in [-0.3, -0.25) is 4.79 Å². The van der Waals surface area contributed by atoms with Crippen molar-refractivity contribution in [3.05, 3.63) is 94.8 Å². The molecule has 0 bridgehead atoms. The van der Waals surface area contributed by atoms with Crippen LogP contribution >= 0.6 is 47.8 Å². The zero-order valence-electron chi connectivity index (χ0n) is 21.5. The summed E-state index contributed by atoms with van der Waals surface area (Å²) in [5, 5.41) is 14.1. The lowest BCUT2D eigenvalue weighted by Gasteiger charge is -2.21. The van der Waals surface area contributed by atoms with E-state index in [2.05, 4.69) is 52.9 Å². The summed E-state index contributed by atoms with van der Waals surface area (Å²) < 4.78 is 14.9. The number of carboxylic acid groups (broad SMARTS) is 1. The number of rotatable bonds is 7. The van der Waals surface area contributed by atoms with Gasteiger partial charge >= 0.3 is 5.97 Å². The standard InChI is InChI=1S/C28H24Br3N3O5/c1-28(2,3)27-33-20-10-9-18(29)12-19(20)25(35)34(27)32-13-17-11-21(38-4)24(23(31)22(17)30)39-14-15-5-7-16(8-6-15)26(36)37/h5-13H,14H2,1-4H3,(H,36,37). The van der Waals surface area contributed by atoms with Gasteiger partial charge in [-0.15, -0.1) is 0 Å². The first-order valence-corrected chi connectivity index (χ1v) is 14.1. The quantitative estimate of drug-likeness (QED) is 0.204. The molecule has 0 fully saturated rings. The molecule has 0 aliphatic carbocycles. The Bertz CT molecular complexity index is 1660. The maximum atomic E-state index is 13.5. The first-order valence-electron chi connectivity index (χ1n) is 11.7. The molecule has 0 saturated carbocycles. The van der Waals surface area contributed by atoms with Crippen molar-refractivity contribution < 1.29 is 19.4 Å². The molecule has 11 heteroatoms. The van der Waals surface area contributed by atoms with Crippen molar-refractivity contribution in [3.63, 3.8) is 0 Å². The zero-order valence-corrected chi connectivity index (χ0v) is 26.2. The summed E-state index contributed by atoms with van der Waals surface area (Å²) in [6.45, 7) is 6.12. The Morgan fingerprint density at radius 3 is 2.38 bits per heavy atom. The van der Waals surface area contributed by atoms with E-state index >= 15 is 0 Å². The highest BCUT2D eigenvalue weighted by molar-refractivity contribution is 9.13. The van der Waals surface area contributed by atoms with Crippen LogP contribution < -0.4 is 15.0 Å². The summed E-state index contributed by atoms with van der Waals surface area (Å²) in [6, 6.07) is 13.6. The number of fused-ring (bicyclic) bond motifs is 1. The van der Waals surface area contributed by atoms with Crippen LogP contribution in [0.15, 0.2) is 71.8 Å². The molecule has 202 valence electrons. The van der Waals surface area contributed by atoms with Crippen LogP contribution in [0.4, 0.5) is 0 Å². The molecule has 0 unspecified atom stereocenters. The third-order valence-electron chi connectivity index (χ3n) is 5.75. The minimum absolute atomic E-state index is 0.192. The molecule has 4 rings (SSSR count). The van der Waals surface area contributed by atoms with Gasteiger partial charge in [0.15, 0.2) is 11.5 Å². The number of aromatic carboxylic acids is 1. The lowest BCUT2D eigenvalue weighted by atomic mass is 9.95. The molecule has 1 aromatic heterocycles. The van der Waals surface area contributed by atoms with Crippen LogP contribution in [0.2, 0.25) is 0 Å². The Kier molecular flexibility index (Phi) is 8.63. The van der Waals surface area contributed by atoms with Gasteiger partial charge in [0.25, 0.3) is 5.56 Å². The molecule has 0 spiro atoms. The average molecular weight is 722 g/mol. The highest BCUT2D eigenvalue weighted by Gasteiger charge is 2.23. The minimum atomic E-state index is -0.989. The molecule has 4 aromatic rings. The molecular weight excluding hydrogens is 698 g/mol. The van der Waals surface area contributed by atoms with Gasteiger partial charge in [0, 0.05) is 19.9 Å². The molecule has 0 radical (unpaired) electrons. The molecule has 0 saturated heterocycles. The molecular formula is C28H24Br3N3O5. The van der Waals surface area contributed by atoms with Crippen LogP contribution in [-0.2, 0) is 12.0 Å². The van der Waals surface area contributed by atoms with Crippen LogP contribution in [0.3, 0.4) is 0 Å². The van der Waals surface area contributed by atoms with Crippen LogP contribution in [0, 0.1) is 0 Å². The van der Waals surface area contributed by atoms with E-state index < -0.39 is 11.4 Å². The van der Waals surface area contributed by atoms with Crippen LogP contribution in [0.5, 0.6) is 11.5 Å². The predicted molar refractivity (Wildman–Crippen MR) is 162 cm³/mol. The zero-order chi connectivity index (χ0) is 28.5.